The van der Waals surface area contributed by atoms with Crippen molar-refractivity contribution < 1.29 is 0 Å². The van der Waals surface area contributed by atoms with E-state index in [9.17, 15) is 0 Å². The molecule has 0 fully saturated rings. The van der Waals surface area contributed by atoms with Gasteiger partial charge in [-0.05, 0) is 31.0 Å². The second-order valence-electron chi connectivity index (χ2n) is 6.09. The quantitative estimate of drug-likeness (QED) is 0.808. The number of anilines is 2. The molecule has 0 atom stereocenters. The van der Waals surface area contributed by atoms with Crippen LogP contribution in [0.3, 0.4) is 0 Å². The van der Waals surface area contributed by atoms with Crippen LogP contribution in [-0.2, 0) is 5.41 Å². The van der Waals surface area contributed by atoms with Gasteiger partial charge < -0.3 is 5.32 Å². The Kier molecular flexibility index (Phi) is 4.00. The van der Waals surface area contributed by atoms with E-state index in [0.717, 1.165) is 17.3 Å². The van der Waals surface area contributed by atoms with E-state index >= 15 is 0 Å². The van der Waals surface area contributed by atoms with Crippen LogP contribution in [0.15, 0.2) is 24.3 Å². The highest BCUT2D eigenvalue weighted by Gasteiger charge is 2.19. The number of rotatable bonds is 2. The van der Waals surface area contributed by atoms with Gasteiger partial charge >= 0.3 is 0 Å². The number of benzene rings is 1. The van der Waals surface area contributed by atoms with Gasteiger partial charge in [-0.15, -0.1) is 0 Å². The normalized spacial score (nSPS) is 11.5. The molecule has 1 N–H and O–H groups in total. The number of aryl methyl sites for hydroxylation is 2. The van der Waals surface area contributed by atoms with Gasteiger partial charge in [-0.1, -0.05) is 44.5 Å². The third kappa shape index (κ3) is 3.48. The molecule has 0 radical (unpaired) electrons. The fourth-order valence-corrected chi connectivity index (χ4v) is 2.01. The monoisotopic (exact) mass is 289 g/mol. The minimum atomic E-state index is -0.136. The van der Waals surface area contributed by atoms with Crippen LogP contribution in [0.25, 0.3) is 0 Å². The Labute approximate surface area is 125 Å². The van der Waals surface area contributed by atoms with Crippen molar-refractivity contribution in [1.82, 2.24) is 9.97 Å². The molecule has 3 nitrogen and oxygen atoms in total. The summed E-state index contributed by atoms with van der Waals surface area (Å²) in [5.74, 6) is 1.46. The van der Waals surface area contributed by atoms with Crippen molar-refractivity contribution in [3.8, 4) is 0 Å². The van der Waals surface area contributed by atoms with Gasteiger partial charge in [0.15, 0.2) is 0 Å². The molecule has 1 aromatic carbocycles. The first-order valence-corrected chi connectivity index (χ1v) is 7.03. The summed E-state index contributed by atoms with van der Waals surface area (Å²) in [6.45, 7) is 10.3. The summed E-state index contributed by atoms with van der Waals surface area (Å²) in [6.07, 6.45) is 0. The van der Waals surface area contributed by atoms with Crippen LogP contribution >= 0.6 is 11.6 Å². The summed E-state index contributed by atoms with van der Waals surface area (Å²) in [6, 6.07) is 8.03. The topological polar surface area (TPSA) is 37.8 Å². The standard InChI is InChI=1S/C16H20ClN3/c1-10-6-7-11(2)12(8-10)18-14-9-13(17)19-15(20-14)16(3,4)5/h6-9H,1-5H3,(H,18,19,20). The molecule has 0 aliphatic rings. The second kappa shape index (κ2) is 5.41. The predicted molar refractivity (Wildman–Crippen MR) is 84.9 cm³/mol. The lowest BCUT2D eigenvalue weighted by Crippen LogP contribution is -2.16. The molecule has 4 heteroatoms. The summed E-state index contributed by atoms with van der Waals surface area (Å²) >= 11 is 6.10. The van der Waals surface area contributed by atoms with Gasteiger partial charge in [-0.2, -0.15) is 0 Å². The van der Waals surface area contributed by atoms with Crippen molar-refractivity contribution >= 4 is 23.1 Å². The van der Waals surface area contributed by atoms with Crippen LogP contribution < -0.4 is 5.32 Å². The highest BCUT2D eigenvalue weighted by Crippen LogP contribution is 2.25. The van der Waals surface area contributed by atoms with Gasteiger partial charge in [0, 0.05) is 17.2 Å². The third-order valence-corrected chi connectivity index (χ3v) is 3.22. The van der Waals surface area contributed by atoms with Gasteiger partial charge in [0.1, 0.15) is 16.8 Å². The first-order chi connectivity index (χ1) is 9.25. The van der Waals surface area contributed by atoms with Crippen LogP contribution in [0.1, 0.15) is 37.7 Å². The maximum Gasteiger partial charge on any atom is 0.137 e. The van der Waals surface area contributed by atoms with Crippen molar-refractivity contribution in [2.75, 3.05) is 5.32 Å². The molecule has 20 heavy (non-hydrogen) atoms. The minimum Gasteiger partial charge on any atom is -0.340 e. The fourth-order valence-electron chi connectivity index (χ4n) is 1.83. The zero-order valence-corrected chi connectivity index (χ0v) is 13.3. The van der Waals surface area contributed by atoms with E-state index in [2.05, 4.69) is 68.1 Å². The zero-order valence-electron chi connectivity index (χ0n) is 12.6. The number of hydrogen-bond acceptors (Lipinski definition) is 3. The Morgan fingerprint density at radius 1 is 1.05 bits per heavy atom. The molecule has 1 heterocycles. The van der Waals surface area contributed by atoms with Gasteiger partial charge in [0.2, 0.25) is 0 Å². The molecular weight excluding hydrogens is 270 g/mol. The van der Waals surface area contributed by atoms with Crippen molar-refractivity contribution in [2.45, 2.75) is 40.0 Å². The largest absolute Gasteiger partial charge is 0.340 e. The summed E-state index contributed by atoms with van der Waals surface area (Å²) in [7, 11) is 0. The highest BCUT2D eigenvalue weighted by molar-refractivity contribution is 6.29. The summed E-state index contributed by atoms with van der Waals surface area (Å²) < 4.78 is 0. The number of hydrogen-bond donors (Lipinski definition) is 1. The van der Waals surface area contributed by atoms with Crippen LogP contribution in [0, 0.1) is 13.8 Å². The maximum absolute atomic E-state index is 6.10. The summed E-state index contributed by atoms with van der Waals surface area (Å²) in [5.41, 5.74) is 3.28. The molecule has 0 spiro atoms. The Morgan fingerprint density at radius 3 is 2.40 bits per heavy atom. The van der Waals surface area contributed by atoms with Gasteiger partial charge in [-0.3, -0.25) is 0 Å². The molecule has 0 aliphatic heterocycles. The molecule has 2 aromatic rings. The molecule has 1 aromatic heterocycles. The lowest BCUT2D eigenvalue weighted by molar-refractivity contribution is 0.546. The second-order valence-corrected chi connectivity index (χ2v) is 6.48. The van der Waals surface area contributed by atoms with E-state index in [1.807, 2.05) is 0 Å². The average molecular weight is 290 g/mol. The predicted octanol–water partition coefficient (Wildman–Crippen LogP) is 4.79. The molecular formula is C16H20ClN3. The zero-order chi connectivity index (χ0) is 14.9. The van der Waals surface area contributed by atoms with Crippen molar-refractivity contribution in [3.05, 3.63) is 46.4 Å². The van der Waals surface area contributed by atoms with Crippen molar-refractivity contribution in [3.63, 3.8) is 0 Å². The smallest absolute Gasteiger partial charge is 0.137 e. The third-order valence-electron chi connectivity index (χ3n) is 3.02. The van der Waals surface area contributed by atoms with E-state index in [1.54, 1.807) is 6.07 Å². The number of halogens is 1. The van der Waals surface area contributed by atoms with E-state index in [4.69, 9.17) is 11.6 Å². The van der Waals surface area contributed by atoms with Crippen LogP contribution in [0.5, 0.6) is 0 Å². The van der Waals surface area contributed by atoms with E-state index < -0.39 is 0 Å². The lowest BCUT2D eigenvalue weighted by Gasteiger charge is -2.18. The van der Waals surface area contributed by atoms with Gasteiger partial charge in [-0.25, -0.2) is 9.97 Å². The minimum absolute atomic E-state index is 0.136. The molecule has 2 rings (SSSR count). The van der Waals surface area contributed by atoms with E-state index in [0.29, 0.717) is 5.15 Å². The highest BCUT2D eigenvalue weighted by atomic mass is 35.5. The van der Waals surface area contributed by atoms with Crippen molar-refractivity contribution in [1.29, 1.82) is 0 Å². The van der Waals surface area contributed by atoms with Gasteiger partial charge in [0.05, 0.1) is 0 Å². The number of aromatic nitrogens is 2. The Bertz CT molecular complexity index is 630. The average Bonchev–Trinajstić information content (AvgIpc) is 2.32. The van der Waals surface area contributed by atoms with E-state index in [1.165, 1.54) is 11.1 Å². The fraction of sp³-hybridized carbons (Fsp3) is 0.375. The molecule has 0 aliphatic carbocycles. The Morgan fingerprint density at radius 2 is 1.75 bits per heavy atom. The van der Waals surface area contributed by atoms with Crippen LogP contribution in [0.2, 0.25) is 5.15 Å². The molecule has 0 saturated carbocycles. The number of nitrogens with zero attached hydrogens (tertiary/aromatic N) is 2. The molecule has 0 unspecified atom stereocenters. The Hall–Kier alpha value is -1.61. The summed E-state index contributed by atoms with van der Waals surface area (Å²) in [4.78, 5) is 8.87. The molecule has 0 saturated heterocycles. The Balaban J connectivity index is 2.39. The van der Waals surface area contributed by atoms with Crippen LogP contribution in [0.4, 0.5) is 11.5 Å². The van der Waals surface area contributed by atoms with Crippen LogP contribution in [-0.4, -0.2) is 9.97 Å². The van der Waals surface area contributed by atoms with Crippen molar-refractivity contribution in [2.24, 2.45) is 0 Å². The first kappa shape index (κ1) is 14.8. The number of nitrogens with one attached hydrogen (secondary N) is 1. The SMILES string of the molecule is Cc1ccc(C)c(Nc2cc(Cl)nc(C(C)(C)C)n2)c1. The van der Waals surface area contributed by atoms with E-state index in [-0.39, 0.29) is 5.41 Å². The molecule has 106 valence electrons. The maximum atomic E-state index is 6.10. The molecule has 0 amide bonds. The first-order valence-electron chi connectivity index (χ1n) is 6.65. The summed E-state index contributed by atoms with van der Waals surface area (Å²) in [5, 5.41) is 3.79. The lowest BCUT2D eigenvalue weighted by atomic mass is 9.96. The van der Waals surface area contributed by atoms with Gasteiger partial charge in [0.25, 0.3) is 0 Å². The molecule has 0 bridgehead atoms.